The van der Waals surface area contributed by atoms with Crippen LogP contribution in [0.1, 0.15) is 36.0 Å². The summed E-state index contributed by atoms with van der Waals surface area (Å²) in [6.07, 6.45) is 2.52. The molecule has 0 radical (unpaired) electrons. The molecule has 1 fully saturated rings. The number of hydrogen-bond donors (Lipinski definition) is 1. The third-order valence-electron chi connectivity index (χ3n) is 4.61. The average Bonchev–Trinajstić information content (AvgIpc) is 3.02. The lowest BCUT2D eigenvalue weighted by molar-refractivity contribution is -0.122. The van der Waals surface area contributed by atoms with Crippen molar-refractivity contribution in [1.29, 1.82) is 0 Å². The van der Waals surface area contributed by atoms with Gasteiger partial charge in [-0.3, -0.25) is 4.79 Å². The van der Waals surface area contributed by atoms with E-state index < -0.39 is 11.6 Å². The number of nitrogens with one attached hydrogen (secondary N) is 1. The molecule has 120 valence electrons. The predicted molar refractivity (Wildman–Crippen MR) is 77.4 cm³/mol. The Morgan fingerprint density at radius 1 is 1.35 bits per heavy atom. The van der Waals surface area contributed by atoms with Crippen LogP contribution in [-0.2, 0) is 24.3 Å². The number of carbonyl (C=O) groups excluding carboxylic acids is 1. The van der Waals surface area contributed by atoms with E-state index in [-0.39, 0.29) is 23.3 Å². The van der Waals surface area contributed by atoms with E-state index in [0.29, 0.717) is 13.0 Å². The van der Waals surface area contributed by atoms with Crippen molar-refractivity contribution in [3.05, 3.63) is 47.0 Å². The zero-order valence-corrected chi connectivity index (χ0v) is 12.4. The number of rotatable bonds is 4. The Labute approximate surface area is 131 Å². The zero-order chi connectivity index (χ0) is 16.0. The molecule has 2 atom stereocenters. The second-order valence-corrected chi connectivity index (χ2v) is 6.10. The molecular weight excluding hydrogens is 302 g/mol. The van der Waals surface area contributed by atoms with E-state index in [4.69, 9.17) is 0 Å². The van der Waals surface area contributed by atoms with Crippen molar-refractivity contribution in [2.24, 2.45) is 5.92 Å². The van der Waals surface area contributed by atoms with Crippen LogP contribution in [0.3, 0.4) is 0 Å². The number of aryl methyl sites for hydroxylation is 1. The molecule has 4 rings (SSSR count). The number of benzene rings is 1. The largest absolute Gasteiger partial charge is 0.349 e. The Hall–Kier alpha value is -2.31. The average molecular weight is 318 g/mol. The molecule has 0 unspecified atom stereocenters. The highest BCUT2D eigenvalue weighted by Gasteiger charge is 2.45. The van der Waals surface area contributed by atoms with Gasteiger partial charge in [0.2, 0.25) is 5.91 Å². The van der Waals surface area contributed by atoms with Crippen LogP contribution in [0.25, 0.3) is 0 Å². The number of fused-ring (bicyclic) bond motifs is 1. The molecule has 1 aliphatic carbocycles. The van der Waals surface area contributed by atoms with Crippen molar-refractivity contribution in [1.82, 2.24) is 20.1 Å². The Kier molecular flexibility index (Phi) is 3.36. The van der Waals surface area contributed by atoms with Crippen LogP contribution < -0.4 is 5.32 Å². The zero-order valence-electron chi connectivity index (χ0n) is 12.4. The Morgan fingerprint density at radius 2 is 2.22 bits per heavy atom. The Bertz CT molecular complexity index is 773. The summed E-state index contributed by atoms with van der Waals surface area (Å²) in [6, 6.07) is 4.10. The quantitative estimate of drug-likeness (QED) is 0.937. The fourth-order valence-corrected chi connectivity index (χ4v) is 3.27. The summed E-state index contributed by atoms with van der Waals surface area (Å²) in [5.74, 6) is -0.688. The van der Waals surface area contributed by atoms with Crippen molar-refractivity contribution in [2.45, 2.75) is 38.3 Å². The number of amides is 1. The van der Waals surface area contributed by atoms with Crippen molar-refractivity contribution >= 4 is 5.91 Å². The van der Waals surface area contributed by atoms with E-state index in [0.717, 1.165) is 37.1 Å². The van der Waals surface area contributed by atoms with Gasteiger partial charge in [-0.1, -0.05) is 12.1 Å². The van der Waals surface area contributed by atoms with Crippen molar-refractivity contribution in [2.75, 3.05) is 0 Å². The van der Waals surface area contributed by atoms with Crippen LogP contribution in [-0.4, -0.2) is 20.7 Å². The highest BCUT2D eigenvalue weighted by molar-refractivity contribution is 5.82. The summed E-state index contributed by atoms with van der Waals surface area (Å²) in [6.45, 7) is 1.20. The van der Waals surface area contributed by atoms with Gasteiger partial charge in [-0.25, -0.2) is 8.78 Å². The molecule has 0 bridgehead atoms. The van der Waals surface area contributed by atoms with Crippen LogP contribution in [0.4, 0.5) is 8.78 Å². The summed E-state index contributed by atoms with van der Waals surface area (Å²) in [4.78, 5) is 12.2. The second-order valence-electron chi connectivity index (χ2n) is 6.10. The maximum Gasteiger partial charge on any atom is 0.224 e. The van der Waals surface area contributed by atoms with E-state index in [1.807, 2.05) is 4.57 Å². The van der Waals surface area contributed by atoms with Gasteiger partial charge in [-0.15, -0.1) is 10.2 Å². The summed E-state index contributed by atoms with van der Waals surface area (Å²) in [7, 11) is 0. The van der Waals surface area contributed by atoms with Gasteiger partial charge in [-0.2, -0.15) is 0 Å². The van der Waals surface area contributed by atoms with Gasteiger partial charge in [0, 0.05) is 18.9 Å². The topological polar surface area (TPSA) is 59.8 Å². The SMILES string of the molecule is O=C(NCc1nnc2n1CCC2)[C@H]1C[C@@H]1c1cccc(F)c1F. The van der Waals surface area contributed by atoms with Crippen LogP contribution in [0.5, 0.6) is 0 Å². The predicted octanol–water partition coefficient (Wildman–Crippen LogP) is 1.92. The molecule has 5 nitrogen and oxygen atoms in total. The lowest BCUT2D eigenvalue weighted by atomic mass is 10.1. The summed E-state index contributed by atoms with van der Waals surface area (Å²) in [5, 5.41) is 11.0. The molecule has 7 heteroatoms. The van der Waals surface area contributed by atoms with Crippen molar-refractivity contribution < 1.29 is 13.6 Å². The van der Waals surface area contributed by atoms with Crippen molar-refractivity contribution in [3.63, 3.8) is 0 Å². The summed E-state index contributed by atoms with van der Waals surface area (Å²) >= 11 is 0. The lowest BCUT2D eigenvalue weighted by Crippen LogP contribution is -2.26. The number of aromatic nitrogens is 3. The van der Waals surface area contributed by atoms with Crippen molar-refractivity contribution in [3.8, 4) is 0 Å². The molecule has 2 aliphatic rings. The maximum atomic E-state index is 13.8. The number of carbonyl (C=O) groups is 1. The monoisotopic (exact) mass is 318 g/mol. The minimum atomic E-state index is -0.868. The molecule has 1 aromatic carbocycles. The lowest BCUT2D eigenvalue weighted by Gasteiger charge is -2.06. The molecule has 2 heterocycles. The summed E-state index contributed by atoms with van der Waals surface area (Å²) in [5.41, 5.74) is 0.286. The van der Waals surface area contributed by atoms with E-state index >= 15 is 0 Å². The van der Waals surface area contributed by atoms with Crippen LogP contribution >= 0.6 is 0 Å². The van der Waals surface area contributed by atoms with E-state index in [2.05, 4.69) is 15.5 Å². The van der Waals surface area contributed by atoms with Crippen LogP contribution in [0.2, 0.25) is 0 Å². The molecule has 1 aliphatic heterocycles. The van der Waals surface area contributed by atoms with Gasteiger partial charge in [0.05, 0.1) is 6.54 Å². The Morgan fingerprint density at radius 3 is 3.09 bits per heavy atom. The van der Waals surface area contributed by atoms with Gasteiger partial charge >= 0.3 is 0 Å². The highest BCUT2D eigenvalue weighted by atomic mass is 19.2. The number of halogens is 2. The highest BCUT2D eigenvalue weighted by Crippen LogP contribution is 2.48. The maximum absolute atomic E-state index is 13.8. The second kappa shape index (κ2) is 5.40. The van der Waals surface area contributed by atoms with Crippen LogP contribution in [0.15, 0.2) is 18.2 Å². The first-order valence-electron chi connectivity index (χ1n) is 7.77. The third kappa shape index (κ3) is 2.50. The molecule has 2 aromatic rings. The van der Waals surface area contributed by atoms with E-state index in [1.54, 1.807) is 6.07 Å². The number of nitrogens with zero attached hydrogens (tertiary/aromatic N) is 3. The van der Waals surface area contributed by atoms with E-state index in [9.17, 15) is 13.6 Å². The molecule has 0 spiro atoms. The van der Waals surface area contributed by atoms with E-state index in [1.165, 1.54) is 6.07 Å². The first-order chi connectivity index (χ1) is 11.1. The van der Waals surface area contributed by atoms with Gasteiger partial charge in [-0.05, 0) is 30.4 Å². The molecule has 23 heavy (non-hydrogen) atoms. The number of hydrogen-bond acceptors (Lipinski definition) is 3. The normalized spacial score (nSPS) is 22.0. The van der Waals surface area contributed by atoms with Gasteiger partial charge in [0.25, 0.3) is 0 Å². The Balaban J connectivity index is 1.38. The minimum Gasteiger partial charge on any atom is -0.349 e. The molecule has 1 amide bonds. The first kappa shape index (κ1) is 14.3. The molecule has 1 saturated carbocycles. The fraction of sp³-hybridized carbons (Fsp3) is 0.438. The third-order valence-corrected chi connectivity index (χ3v) is 4.61. The standard InChI is InChI=1S/C16H16F2N4O/c17-12-4-1-3-9(15(12)18)10-7-11(10)16(23)19-8-14-21-20-13-5-2-6-22(13)14/h1,3-4,10-11H,2,5-8H2,(H,19,23)/t10-,11+/m1/s1. The molecular formula is C16H16F2N4O. The molecule has 1 aromatic heterocycles. The summed E-state index contributed by atoms with van der Waals surface area (Å²) < 4.78 is 29.0. The smallest absolute Gasteiger partial charge is 0.224 e. The minimum absolute atomic E-state index is 0.144. The van der Waals surface area contributed by atoms with Gasteiger partial charge in [0.15, 0.2) is 17.5 Å². The first-order valence-corrected chi connectivity index (χ1v) is 7.77. The molecule has 0 saturated heterocycles. The van der Waals surface area contributed by atoms with Gasteiger partial charge in [0.1, 0.15) is 5.82 Å². The van der Waals surface area contributed by atoms with Gasteiger partial charge < -0.3 is 9.88 Å². The molecule has 1 N–H and O–H groups in total. The fourth-order valence-electron chi connectivity index (χ4n) is 3.27. The van der Waals surface area contributed by atoms with Crippen LogP contribution in [0, 0.1) is 17.6 Å².